The molecule has 0 N–H and O–H groups in total. The fourth-order valence-corrected chi connectivity index (χ4v) is 2.90. The fourth-order valence-electron chi connectivity index (χ4n) is 2.90. The summed E-state index contributed by atoms with van der Waals surface area (Å²) in [4.78, 5) is 11.7. The number of benzene rings is 1. The lowest BCUT2D eigenvalue weighted by atomic mass is 9.83. The third kappa shape index (κ3) is 3.59. The van der Waals surface area contributed by atoms with Crippen molar-refractivity contribution in [3.8, 4) is 0 Å². The molecule has 1 saturated carbocycles. The summed E-state index contributed by atoms with van der Waals surface area (Å²) in [5.74, 6) is 0.425. The van der Waals surface area contributed by atoms with E-state index in [-0.39, 0.29) is 11.9 Å². The number of carbonyl (C=O) groups excluding carboxylic acids is 1. The summed E-state index contributed by atoms with van der Waals surface area (Å²) in [7, 11) is 0. The van der Waals surface area contributed by atoms with Gasteiger partial charge in [0.15, 0.2) is 0 Å². The van der Waals surface area contributed by atoms with Gasteiger partial charge >= 0.3 is 5.97 Å². The third-order valence-electron chi connectivity index (χ3n) is 4.15. The topological polar surface area (TPSA) is 26.3 Å². The molecule has 0 radical (unpaired) electrons. The molecule has 0 aliphatic heterocycles. The molecule has 0 aromatic heterocycles. The highest BCUT2D eigenvalue weighted by Crippen LogP contribution is 2.33. The normalized spacial score (nSPS) is 18.0. The second-order valence-electron chi connectivity index (χ2n) is 5.48. The number of ether oxygens (including phenoxy) is 1. The van der Waals surface area contributed by atoms with Crippen LogP contribution in [0.1, 0.15) is 68.9 Å². The zero-order valence-electron chi connectivity index (χ0n) is 12.0. The van der Waals surface area contributed by atoms with Gasteiger partial charge in [0.1, 0.15) is 0 Å². The first kappa shape index (κ1) is 14.1. The summed E-state index contributed by atoms with van der Waals surface area (Å²) in [6.07, 6.45) is 6.71. The largest absolute Gasteiger partial charge is 0.466 e. The van der Waals surface area contributed by atoms with Crippen LogP contribution in [0.25, 0.3) is 0 Å². The maximum Gasteiger partial charge on any atom is 0.313 e. The average molecular weight is 260 g/mol. The molecule has 2 nitrogen and oxygen atoms in total. The summed E-state index contributed by atoms with van der Waals surface area (Å²) in [5, 5.41) is 0. The van der Waals surface area contributed by atoms with E-state index in [1.165, 1.54) is 37.7 Å². The van der Waals surface area contributed by atoms with Crippen molar-refractivity contribution in [2.75, 3.05) is 6.61 Å². The molecule has 0 heterocycles. The minimum absolute atomic E-state index is 0.132. The quantitative estimate of drug-likeness (QED) is 0.750. The van der Waals surface area contributed by atoms with Gasteiger partial charge in [-0.2, -0.15) is 0 Å². The van der Waals surface area contributed by atoms with Gasteiger partial charge in [-0.15, -0.1) is 0 Å². The van der Waals surface area contributed by atoms with Crippen LogP contribution in [-0.2, 0) is 9.53 Å². The molecule has 0 spiro atoms. The zero-order valence-corrected chi connectivity index (χ0v) is 12.0. The van der Waals surface area contributed by atoms with Gasteiger partial charge in [-0.25, -0.2) is 0 Å². The minimum atomic E-state index is -0.166. The molecular weight excluding hydrogens is 236 g/mol. The van der Waals surface area contributed by atoms with E-state index in [0.717, 1.165) is 11.5 Å². The van der Waals surface area contributed by atoms with Crippen LogP contribution in [0.15, 0.2) is 24.3 Å². The lowest BCUT2D eigenvalue weighted by Gasteiger charge is -2.22. The highest BCUT2D eigenvalue weighted by molar-refractivity contribution is 5.77. The number of esters is 1. The molecule has 0 amide bonds. The number of carbonyl (C=O) groups is 1. The standard InChI is InChI=1S/C17H24O2/c1-3-19-17(18)13(2)14-9-11-16(12-10-14)15-7-5-4-6-8-15/h9-13,15H,3-8H2,1-2H3. The van der Waals surface area contributed by atoms with E-state index in [4.69, 9.17) is 4.74 Å². The number of hydrogen-bond donors (Lipinski definition) is 0. The van der Waals surface area contributed by atoms with E-state index in [9.17, 15) is 4.79 Å². The van der Waals surface area contributed by atoms with Gasteiger partial charge in [-0.05, 0) is 43.7 Å². The molecule has 2 rings (SSSR count). The summed E-state index contributed by atoms with van der Waals surface area (Å²) in [6, 6.07) is 8.57. The first-order chi connectivity index (χ1) is 9.22. The van der Waals surface area contributed by atoms with Gasteiger partial charge in [-0.3, -0.25) is 4.79 Å². The van der Waals surface area contributed by atoms with Gasteiger partial charge in [0.2, 0.25) is 0 Å². The zero-order chi connectivity index (χ0) is 13.7. The van der Waals surface area contributed by atoms with Crippen molar-refractivity contribution in [1.29, 1.82) is 0 Å². The molecule has 1 fully saturated rings. The molecule has 1 aliphatic rings. The van der Waals surface area contributed by atoms with Gasteiger partial charge in [-0.1, -0.05) is 43.5 Å². The Balaban J connectivity index is 2.03. The van der Waals surface area contributed by atoms with Crippen LogP contribution < -0.4 is 0 Å². The Labute approximate surface area is 116 Å². The second-order valence-corrected chi connectivity index (χ2v) is 5.48. The highest BCUT2D eigenvalue weighted by Gasteiger charge is 2.18. The van der Waals surface area contributed by atoms with E-state index in [2.05, 4.69) is 24.3 Å². The lowest BCUT2D eigenvalue weighted by Crippen LogP contribution is -2.13. The van der Waals surface area contributed by atoms with Gasteiger partial charge in [0.25, 0.3) is 0 Å². The third-order valence-corrected chi connectivity index (χ3v) is 4.15. The van der Waals surface area contributed by atoms with Gasteiger partial charge in [0.05, 0.1) is 12.5 Å². The van der Waals surface area contributed by atoms with E-state index in [0.29, 0.717) is 6.61 Å². The van der Waals surface area contributed by atoms with Crippen LogP contribution in [-0.4, -0.2) is 12.6 Å². The molecule has 1 aromatic carbocycles. The van der Waals surface area contributed by atoms with Crippen molar-refractivity contribution in [2.24, 2.45) is 0 Å². The number of hydrogen-bond acceptors (Lipinski definition) is 2. The Kier molecular flexibility index (Phi) is 5.00. The first-order valence-electron chi connectivity index (χ1n) is 7.49. The van der Waals surface area contributed by atoms with Crippen molar-refractivity contribution in [2.45, 2.75) is 57.8 Å². The molecule has 1 unspecified atom stereocenters. The van der Waals surface area contributed by atoms with Gasteiger partial charge < -0.3 is 4.74 Å². The molecule has 1 aliphatic carbocycles. The van der Waals surface area contributed by atoms with Crippen molar-refractivity contribution >= 4 is 5.97 Å². The molecule has 0 bridgehead atoms. The van der Waals surface area contributed by atoms with E-state index in [1.807, 2.05) is 13.8 Å². The number of rotatable bonds is 4. The summed E-state index contributed by atoms with van der Waals surface area (Å²) < 4.78 is 5.07. The van der Waals surface area contributed by atoms with Crippen molar-refractivity contribution in [3.05, 3.63) is 35.4 Å². The van der Waals surface area contributed by atoms with Crippen LogP contribution in [0.2, 0.25) is 0 Å². The molecular formula is C17H24O2. The smallest absolute Gasteiger partial charge is 0.313 e. The summed E-state index contributed by atoms with van der Waals surface area (Å²) in [5.41, 5.74) is 2.48. The van der Waals surface area contributed by atoms with Crippen molar-refractivity contribution in [3.63, 3.8) is 0 Å². The highest BCUT2D eigenvalue weighted by atomic mass is 16.5. The van der Waals surface area contributed by atoms with Crippen LogP contribution in [0, 0.1) is 0 Å². The van der Waals surface area contributed by atoms with E-state index < -0.39 is 0 Å². The van der Waals surface area contributed by atoms with Gasteiger partial charge in [0, 0.05) is 0 Å². The first-order valence-corrected chi connectivity index (χ1v) is 7.49. The van der Waals surface area contributed by atoms with Crippen molar-refractivity contribution < 1.29 is 9.53 Å². The van der Waals surface area contributed by atoms with Crippen LogP contribution >= 0.6 is 0 Å². The maximum absolute atomic E-state index is 11.7. The molecule has 104 valence electrons. The predicted octanol–water partition coefficient (Wildman–Crippen LogP) is 4.40. The van der Waals surface area contributed by atoms with Crippen molar-refractivity contribution in [1.82, 2.24) is 0 Å². The molecule has 1 aromatic rings. The summed E-state index contributed by atoms with van der Waals surface area (Å²) in [6.45, 7) is 4.20. The predicted molar refractivity (Wildman–Crippen MR) is 77.3 cm³/mol. The van der Waals surface area contributed by atoms with Crippen LogP contribution in [0.4, 0.5) is 0 Å². The maximum atomic E-state index is 11.7. The fraction of sp³-hybridized carbons (Fsp3) is 0.588. The Bertz CT molecular complexity index is 402. The Hall–Kier alpha value is -1.31. The Morgan fingerprint density at radius 2 is 1.84 bits per heavy atom. The minimum Gasteiger partial charge on any atom is -0.466 e. The lowest BCUT2D eigenvalue weighted by molar-refractivity contribution is -0.144. The average Bonchev–Trinajstić information content (AvgIpc) is 2.48. The molecule has 0 saturated heterocycles. The molecule has 2 heteroatoms. The second kappa shape index (κ2) is 6.74. The van der Waals surface area contributed by atoms with E-state index >= 15 is 0 Å². The summed E-state index contributed by atoms with van der Waals surface area (Å²) >= 11 is 0. The van der Waals surface area contributed by atoms with Crippen LogP contribution in [0.3, 0.4) is 0 Å². The van der Waals surface area contributed by atoms with Crippen LogP contribution in [0.5, 0.6) is 0 Å². The SMILES string of the molecule is CCOC(=O)C(C)c1ccc(C2CCCCC2)cc1. The molecule has 19 heavy (non-hydrogen) atoms. The Morgan fingerprint density at radius 3 is 2.42 bits per heavy atom. The monoisotopic (exact) mass is 260 g/mol. The Morgan fingerprint density at radius 1 is 1.21 bits per heavy atom. The van der Waals surface area contributed by atoms with E-state index in [1.54, 1.807) is 0 Å². The molecule has 1 atom stereocenters.